The highest BCUT2D eigenvalue weighted by Gasteiger charge is 2.04. The van der Waals surface area contributed by atoms with Gasteiger partial charge in [0.1, 0.15) is 5.78 Å². The zero-order chi connectivity index (χ0) is 12.0. The van der Waals surface area contributed by atoms with E-state index >= 15 is 0 Å². The van der Waals surface area contributed by atoms with Gasteiger partial charge in [0.05, 0.1) is 5.75 Å². The molecule has 16 heavy (non-hydrogen) atoms. The number of carbonyl (C=O) groups is 1. The smallest absolute Gasteiger partial charge is 0.251 e. The van der Waals surface area contributed by atoms with Gasteiger partial charge >= 0.3 is 0 Å². The Hall–Kier alpha value is -1.10. The number of hydrogen-bond donors (Lipinski definition) is 1. The number of carbonyl (C=O) groups excluding carboxylic acids is 1. The average Bonchev–Trinajstić information content (AvgIpc) is 2.25. The van der Waals surface area contributed by atoms with Crippen molar-refractivity contribution < 1.29 is 4.79 Å². The largest absolute Gasteiger partial charge is 0.301 e. The molecular formula is C11H16N2O2S. The van der Waals surface area contributed by atoms with Gasteiger partial charge in [0, 0.05) is 18.2 Å². The first-order valence-electron chi connectivity index (χ1n) is 5.40. The molecule has 0 unspecified atom stereocenters. The Morgan fingerprint density at radius 1 is 1.50 bits per heavy atom. The fraction of sp³-hybridized carbons (Fsp3) is 0.545. The third-order valence-corrected chi connectivity index (χ3v) is 2.98. The number of nitrogens with one attached hydrogen (secondary N) is 1. The van der Waals surface area contributed by atoms with Crippen molar-refractivity contribution >= 4 is 17.5 Å². The maximum Gasteiger partial charge on any atom is 0.251 e. The molecule has 1 aromatic heterocycles. The summed E-state index contributed by atoms with van der Waals surface area (Å²) in [5.74, 6) is 0.531. The average molecular weight is 240 g/mol. The van der Waals surface area contributed by atoms with Crippen LogP contribution in [-0.2, 0) is 11.2 Å². The van der Waals surface area contributed by atoms with Crippen LogP contribution < -0.4 is 5.56 Å². The fourth-order valence-electron chi connectivity index (χ4n) is 1.19. The molecule has 0 aliphatic rings. The predicted octanol–water partition coefficient (Wildman–Crippen LogP) is 1.79. The molecule has 0 radical (unpaired) electrons. The van der Waals surface area contributed by atoms with Gasteiger partial charge < -0.3 is 4.98 Å². The molecule has 0 saturated carbocycles. The molecule has 4 nitrogen and oxygen atoms in total. The minimum Gasteiger partial charge on any atom is -0.301 e. The molecule has 1 heterocycles. The summed E-state index contributed by atoms with van der Waals surface area (Å²) < 4.78 is 0. The summed E-state index contributed by atoms with van der Waals surface area (Å²) in [5, 5.41) is 0.540. The number of aromatic amines is 1. The Balaban J connectivity index is 2.72. The number of ketones is 1. The van der Waals surface area contributed by atoms with Gasteiger partial charge in [0.15, 0.2) is 5.16 Å². The van der Waals surface area contributed by atoms with Crippen molar-refractivity contribution in [3.8, 4) is 0 Å². The molecule has 1 aromatic rings. The summed E-state index contributed by atoms with van der Waals surface area (Å²) in [6, 6.07) is 1.51. The Kier molecular flexibility index (Phi) is 5.25. The molecule has 0 aliphatic carbocycles. The quantitative estimate of drug-likeness (QED) is 0.608. The molecule has 5 heteroatoms. The predicted molar refractivity (Wildman–Crippen MR) is 64.9 cm³/mol. The summed E-state index contributed by atoms with van der Waals surface area (Å²) in [6.45, 7) is 3.86. The normalized spacial score (nSPS) is 10.4. The zero-order valence-corrected chi connectivity index (χ0v) is 10.4. The number of thioether (sulfide) groups is 1. The lowest BCUT2D eigenvalue weighted by atomic mass is 10.2. The molecule has 88 valence electrons. The van der Waals surface area contributed by atoms with Crippen LogP contribution in [0.25, 0.3) is 0 Å². The molecule has 0 aliphatic heterocycles. The minimum absolute atomic E-state index is 0.148. The summed E-state index contributed by atoms with van der Waals surface area (Å²) in [4.78, 5) is 29.4. The van der Waals surface area contributed by atoms with E-state index in [1.807, 2.05) is 13.8 Å². The van der Waals surface area contributed by atoms with Gasteiger partial charge in [-0.25, -0.2) is 4.98 Å². The van der Waals surface area contributed by atoms with Crippen LogP contribution in [0.3, 0.4) is 0 Å². The van der Waals surface area contributed by atoms with Gasteiger partial charge in [-0.1, -0.05) is 32.0 Å². The zero-order valence-electron chi connectivity index (χ0n) is 9.58. The number of Topliss-reactive ketones (excluding diaryl/α,β-unsaturated/α-hetero) is 1. The first-order valence-corrected chi connectivity index (χ1v) is 6.39. The van der Waals surface area contributed by atoms with Crippen molar-refractivity contribution in [2.24, 2.45) is 0 Å². The van der Waals surface area contributed by atoms with Crippen LogP contribution in [0.4, 0.5) is 0 Å². The van der Waals surface area contributed by atoms with E-state index in [0.717, 1.165) is 18.5 Å². The highest BCUT2D eigenvalue weighted by Crippen LogP contribution is 2.12. The van der Waals surface area contributed by atoms with Gasteiger partial charge in [-0.3, -0.25) is 9.59 Å². The molecule has 0 spiro atoms. The van der Waals surface area contributed by atoms with Crippen molar-refractivity contribution in [3.05, 3.63) is 22.1 Å². The summed E-state index contributed by atoms with van der Waals surface area (Å²) in [5.41, 5.74) is 0.641. The second kappa shape index (κ2) is 6.48. The van der Waals surface area contributed by atoms with Crippen LogP contribution in [0.15, 0.2) is 16.0 Å². The first-order chi connectivity index (χ1) is 7.65. The van der Waals surface area contributed by atoms with Crippen molar-refractivity contribution in [3.63, 3.8) is 0 Å². The van der Waals surface area contributed by atoms with E-state index in [9.17, 15) is 9.59 Å². The molecule has 0 saturated heterocycles. The van der Waals surface area contributed by atoms with E-state index in [-0.39, 0.29) is 11.3 Å². The van der Waals surface area contributed by atoms with E-state index in [1.165, 1.54) is 17.8 Å². The summed E-state index contributed by atoms with van der Waals surface area (Å²) in [6.07, 6.45) is 2.26. The number of H-pyrrole nitrogens is 1. The van der Waals surface area contributed by atoms with Crippen LogP contribution in [0.5, 0.6) is 0 Å². The SMILES string of the molecule is CCCc1cc(=O)[nH]c(SCC(=O)CC)n1. The maximum atomic E-state index is 11.3. The second-order valence-corrected chi connectivity index (χ2v) is 4.44. The molecule has 0 amide bonds. The van der Waals surface area contributed by atoms with Gasteiger partial charge in [0.25, 0.3) is 5.56 Å². The third-order valence-electron chi connectivity index (χ3n) is 2.04. The molecule has 0 atom stereocenters. The first kappa shape index (κ1) is 13.0. The van der Waals surface area contributed by atoms with Gasteiger partial charge in [0.2, 0.25) is 0 Å². The molecular weight excluding hydrogens is 224 g/mol. The second-order valence-electron chi connectivity index (χ2n) is 3.47. The van der Waals surface area contributed by atoms with Crippen molar-refractivity contribution in [1.82, 2.24) is 9.97 Å². The topological polar surface area (TPSA) is 62.8 Å². The van der Waals surface area contributed by atoms with E-state index in [4.69, 9.17) is 0 Å². The minimum atomic E-state index is -0.148. The fourth-order valence-corrected chi connectivity index (χ4v) is 2.04. The Labute approximate surface area is 98.9 Å². The van der Waals surface area contributed by atoms with E-state index in [2.05, 4.69) is 9.97 Å². The number of hydrogen-bond acceptors (Lipinski definition) is 4. The van der Waals surface area contributed by atoms with E-state index in [0.29, 0.717) is 17.3 Å². The Morgan fingerprint density at radius 2 is 2.25 bits per heavy atom. The Morgan fingerprint density at radius 3 is 2.88 bits per heavy atom. The monoisotopic (exact) mass is 240 g/mol. The summed E-state index contributed by atoms with van der Waals surface area (Å²) in [7, 11) is 0. The van der Waals surface area contributed by atoms with Crippen LogP contribution in [0.1, 0.15) is 32.4 Å². The lowest BCUT2D eigenvalue weighted by molar-refractivity contribution is -0.116. The third kappa shape index (κ3) is 4.18. The van der Waals surface area contributed by atoms with Gasteiger partial charge in [-0.2, -0.15) is 0 Å². The van der Waals surface area contributed by atoms with E-state index in [1.54, 1.807) is 0 Å². The molecule has 1 N–H and O–H groups in total. The maximum absolute atomic E-state index is 11.3. The lowest BCUT2D eigenvalue weighted by Gasteiger charge is -2.02. The Bertz CT molecular complexity index is 415. The molecule has 0 bridgehead atoms. The molecule has 0 fully saturated rings. The van der Waals surface area contributed by atoms with Crippen molar-refractivity contribution in [2.45, 2.75) is 38.3 Å². The van der Waals surface area contributed by atoms with Crippen molar-refractivity contribution in [2.75, 3.05) is 5.75 Å². The highest BCUT2D eigenvalue weighted by molar-refractivity contribution is 7.99. The number of nitrogens with zero attached hydrogens (tertiary/aromatic N) is 1. The van der Waals surface area contributed by atoms with Crippen LogP contribution >= 0.6 is 11.8 Å². The van der Waals surface area contributed by atoms with E-state index < -0.39 is 0 Å². The van der Waals surface area contributed by atoms with Crippen LogP contribution in [0, 0.1) is 0 Å². The number of aromatic nitrogens is 2. The summed E-state index contributed by atoms with van der Waals surface area (Å²) >= 11 is 1.29. The van der Waals surface area contributed by atoms with Gasteiger partial charge in [-0.05, 0) is 6.42 Å². The van der Waals surface area contributed by atoms with Crippen molar-refractivity contribution in [1.29, 1.82) is 0 Å². The number of aryl methyl sites for hydroxylation is 1. The lowest BCUT2D eigenvalue weighted by Crippen LogP contribution is -2.11. The van der Waals surface area contributed by atoms with Crippen LogP contribution in [0.2, 0.25) is 0 Å². The number of rotatable bonds is 6. The van der Waals surface area contributed by atoms with Crippen LogP contribution in [-0.4, -0.2) is 21.5 Å². The molecule has 1 rings (SSSR count). The standard InChI is InChI=1S/C11H16N2O2S/c1-3-5-8-6-10(15)13-11(12-8)16-7-9(14)4-2/h6H,3-5,7H2,1-2H3,(H,12,13,15). The highest BCUT2D eigenvalue weighted by atomic mass is 32.2. The molecule has 0 aromatic carbocycles. The van der Waals surface area contributed by atoms with Gasteiger partial charge in [-0.15, -0.1) is 0 Å².